The smallest absolute Gasteiger partial charge is 0.175 e. The number of aryl methyl sites for hydroxylation is 1. The van der Waals surface area contributed by atoms with E-state index in [9.17, 15) is 8.42 Å². The Morgan fingerprint density at radius 1 is 1.18 bits per heavy atom. The van der Waals surface area contributed by atoms with Crippen molar-refractivity contribution < 1.29 is 8.42 Å². The first-order valence-electron chi connectivity index (χ1n) is 8.15. The summed E-state index contributed by atoms with van der Waals surface area (Å²) in [5.74, 6) is 0.539. The number of sulfone groups is 1. The van der Waals surface area contributed by atoms with Gasteiger partial charge in [-0.15, -0.1) is 0 Å². The largest absolute Gasteiger partial charge is 0.353 e. The van der Waals surface area contributed by atoms with Crippen molar-refractivity contribution in [2.75, 3.05) is 11.6 Å². The van der Waals surface area contributed by atoms with Crippen LogP contribution >= 0.6 is 23.2 Å². The number of halogens is 2. The molecule has 0 spiro atoms. The van der Waals surface area contributed by atoms with E-state index in [2.05, 4.69) is 20.4 Å². The zero-order valence-electron chi connectivity index (χ0n) is 14.9. The number of anilines is 2. The molecule has 0 radical (unpaired) electrons. The molecule has 0 unspecified atom stereocenters. The second-order valence-corrected chi connectivity index (χ2v) is 9.17. The molecule has 1 aromatic carbocycles. The summed E-state index contributed by atoms with van der Waals surface area (Å²) < 4.78 is 25.0. The highest BCUT2D eigenvalue weighted by molar-refractivity contribution is 7.90. The van der Waals surface area contributed by atoms with Gasteiger partial charge in [-0.05, 0) is 18.2 Å². The van der Waals surface area contributed by atoms with Crippen LogP contribution in [-0.4, -0.2) is 34.4 Å². The lowest BCUT2D eigenvalue weighted by Gasteiger charge is -2.09. The Bertz CT molecular complexity index is 1310. The van der Waals surface area contributed by atoms with Crippen molar-refractivity contribution in [3.63, 3.8) is 0 Å². The topological polar surface area (TPSA) is 92.7 Å². The number of aromatic amines is 1. The van der Waals surface area contributed by atoms with Gasteiger partial charge in [0.25, 0.3) is 0 Å². The Hall–Kier alpha value is -2.55. The van der Waals surface area contributed by atoms with Gasteiger partial charge in [0.05, 0.1) is 38.0 Å². The highest BCUT2D eigenvalue weighted by Crippen LogP contribution is 2.35. The number of hydrogen-bond donors (Lipinski definition) is 2. The lowest BCUT2D eigenvalue weighted by Crippen LogP contribution is -1.99. The van der Waals surface area contributed by atoms with Crippen molar-refractivity contribution in [3.05, 3.63) is 52.9 Å². The van der Waals surface area contributed by atoms with E-state index in [0.29, 0.717) is 16.5 Å². The van der Waals surface area contributed by atoms with E-state index < -0.39 is 9.84 Å². The maximum Gasteiger partial charge on any atom is 0.175 e. The SMILES string of the molecule is Cn1cc(-c2[nH]c3cc(Nc4ccc(S(C)(=O)=O)cc4Cl)ncc3c2Cl)cn1. The third kappa shape index (κ3) is 3.46. The first kappa shape index (κ1) is 18.8. The molecule has 0 aliphatic carbocycles. The minimum absolute atomic E-state index is 0.156. The summed E-state index contributed by atoms with van der Waals surface area (Å²) in [5, 5.41) is 8.89. The summed E-state index contributed by atoms with van der Waals surface area (Å²) in [4.78, 5) is 7.82. The summed E-state index contributed by atoms with van der Waals surface area (Å²) in [6.07, 6.45) is 6.39. The lowest BCUT2D eigenvalue weighted by atomic mass is 10.2. The molecular formula is C18H15Cl2N5O2S. The molecule has 2 N–H and O–H groups in total. The average Bonchev–Trinajstić information content (AvgIpc) is 3.19. The van der Waals surface area contributed by atoms with Crippen molar-refractivity contribution in [1.82, 2.24) is 19.7 Å². The molecule has 3 aromatic heterocycles. The Kier molecular flexibility index (Phi) is 4.57. The second kappa shape index (κ2) is 6.80. The molecule has 0 saturated carbocycles. The third-order valence-corrected chi connectivity index (χ3v) is 6.06. The van der Waals surface area contributed by atoms with Crippen LogP contribution in [0.25, 0.3) is 22.2 Å². The first-order chi connectivity index (χ1) is 13.2. The van der Waals surface area contributed by atoms with Crippen LogP contribution in [0.1, 0.15) is 0 Å². The van der Waals surface area contributed by atoms with Crippen LogP contribution in [0, 0.1) is 0 Å². The zero-order chi connectivity index (χ0) is 20.1. The van der Waals surface area contributed by atoms with Crippen molar-refractivity contribution in [1.29, 1.82) is 0 Å². The van der Waals surface area contributed by atoms with Crippen LogP contribution in [0.5, 0.6) is 0 Å². The maximum absolute atomic E-state index is 11.6. The van der Waals surface area contributed by atoms with Crippen LogP contribution < -0.4 is 5.32 Å². The molecule has 10 heteroatoms. The fourth-order valence-electron chi connectivity index (χ4n) is 2.84. The van der Waals surface area contributed by atoms with Crippen LogP contribution in [0.4, 0.5) is 11.5 Å². The Morgan fingerprint density at radius 3 is 2.61 bits per heavy atom. The van der Waals surface area contributed by atoms with Crippen molar-refractivity contribution in [3.8, 4) is 11.3 Å². The minimum Gasteiger partial charge on any atom is -0.353 e. The van der Waals surface area contributed by atoms with Crippen molar-refractivity contribution in [2.24, 2.45) is 7.05 Å². The van der Waals surface area contributed by atoms with Gasteiger partial charge in [0.1, 0.15) is 5.82 Å². The summed E-state index contributed by atoms with van der Waals surface area (Å²) in [6.45, 7) is 0. The van der Waals surface area contributed by atoms with E-state index in [1.54, 1.807) is 23.1 Å². The van der Waals surface area contributed by atoms with Gasteiger partial charge in [0.2, 0.25) is 0 Å². The highest BCUT2D eigenvalue weighted by atomic mass is 35.5. The number of benzene rings is 1. The number of H-pyrrole nitrogens is 1. The quantitative estimate of drug-likeness (QED) is 0.494. The highest BCUT2D eigenvalue weighted by Gasteiger charge is 2.15. The van der Waals surface area contributed by atoms with E-state index in [1.807, 2.05) is 19.3 Å². The number of fused-ring (bicyclic) bond motifs is 1. The van der Waals surface area contributed by atoms with Gasteiger partial charge in [0, 0.05) is 42.7 Å². The van der Waals surface area contributed by atoms with Crippen LogP contribution in [0.3, 0.4) is 0 Å². The Balaban J connectivity index is 1.69. The molecule has 0 aliphatic rings. The van der Waals surface area contributed by atoms with E-state index in [4.69, 9.17) is 23.2 Å². The fourth-order valence-corrected chi connectivity index (χ4v) is 4.09. The van der Waals surface area contributed by atoms with Gasteiger partial charge in [0.15, 0.2) is 9.84 Å². The summed E-state index contributed by atoms with van der Waals surface area (Å²) in [6, 6.07) is 6.31. The van der Waals surface area contributed by atoms with Gasteiger partial charge in [-0.3, -0.25) is 4.68 Å². The molecule has 0 saturated heterocycles. The predicted octanol–water partition coefficient (Wildman–Crippen LogP) is 4.42. The molecule has 3 heterocycles. The number of nitrogens with one attached hydrogen (secondary N) is 2. The maximum atomic E-state index is 11.6. The monoisotopic (exact) mass is 435 g/mol. The molecule has 0 amide bonds. The van der Waals surface area contributed by atoms with E-state index in [1.165, 1.54) is 12.1 Å². The number of rotatable bonds is 4. The van der Waals surface area contributed by atoms with Gasteiger partial charge >= 0.3 is 0 Å². The molecule has 0 aliphatic heterocycles. The van der Waals surface area contributed by atoms with Gasteiger partial charge < -0.3 is 10.3 Å². The molecule has 7 nitrogen and oxygen atoms in total. The number of pyridine rings is 1. The minimum atomic E-state index is -3.32. The molecule has 4 rings (SSSR count). The number of aromatic nitrogens is 4. The molecule has 28 heavy (non-hydrogen) atoms. The summed E-state index contributed by atoms with van der Waals surface area (Å²) in [5.41, 5.74) is 2.98. The second-order valence-electron chi connectivity index (χ2n) is 6.37. The predicted molar refractivity (Wildman–Crippen MR) is 111 cm³/mol. The normalized spacial score (nSPS) is 11.9. The van der Waals surface area contributed by atoms with E-state index in [-0.39, 0.29) is 9.92 Å². The Labute approximate surface area is 171 Å². The lowest BCUT2D eigenvalue weighted by molar-refractivity contribution is 0.602. The molecular weight excluding hydrogens is 421 g/mol. The zero-order valence-corrected chi connectivity index (χ0v) is 17.2. The van der Waals surface area contributed by atoms with E-state index in [0.717, 1.165) is 28.4 Å². The molecule has 0 bridgehead atoms. The first-order valence-corrected chi connectivity index (χ1v) is 10.8. The summed E-state index contributed by atoms with van der Waals surface area (Å²) in [7, 11) is -1.49. The van der Waals surface area contributed by atoms with Gasteiger partial charge in [-0.1, -0.05) is 23.2 Å². The molecule has 0 fully saturated rings. The standard InChI is InChI=1S/C18H15Cl2N5O2S/c1-25-9-10(7-22-25)18-17(20)12-8-21-16(6-15(12)24-18)23-14-4-3-11(5-13(14)19)28(2,26)27/h3-9,24H,1-2H3,(H,21,23). The van der Waals surface area contributed by atoms with Gasteiger partial charge in [-0.2, -0.15) is 5.10 Å². The number of hydrogen-bond acceptors (Lipinski definition) is 5. The van der Waals surface area contributed by atoms with E-state index >= 15 is 0 Å². The van der Waals surface area contributed by atoms with Crippen molar-refractivity contribution in [2.45, 2.75) is 4.90 Å². The van der Waals surface area contributed by atoms with Crippen LogP contribution in [-0.2, 0) is 16.9 Å². The van der Waals surface area contributed by atoms with Gasteiger partial charge in [-0.25, -0.2) is 13.4 Å². The van der Waals surface area contributed by atoms with Crippen LogP contribution in [0.15, 0.2) is 47.8 Å². The number of nitrogens with zero attached hydrogens (tertiary/aromatic N) is 3. The third-order valence-electron chi connectivity index (χ3n) is 4.24. The molecule has 144 valence electrons. The summed E-state index contributed by atoms with van der Waals surface area (Å²) >= 11 is 12.7. The molecule has 4 aromatic rings. The average molecular weight is 436 g/mol. The molecule has 0 atom stereocenters. The van der Waals surface area contributed by atoms with Crippen LogP contribution in [0.2, 0.25) is 10.0 Å². The van der Waals surface area contributed by atoms with Crippen molar-refractivity contribution >= 4 is 55.4 Å². The fraction of sp³-hybridized carbons (Fsp3) is 0.111. The Morgan fingerprint density at radius 2 is 1.96 bits per heavy atom.